The van der Waals surface area contributed by atoms with Crippen molar-refractivity contribution in [2.24, 2.45) is 5.41 Å². The Labute approximate surface area is 125 Å². The van der Waals surface area contributed by atoms with E-state index in [2.05, 4.69) is 11.1 Å². The zero-order chi connectivity index (χ0) is 15.5. The Bertz CT molecular complexity index is 575. The van der Waals surface area contributed by atoms with Crippen LogP contribution in [-0.2, 0) is 4.79 Å². The van der Waals surface area contributed by atoms with Gasteiger partial charge in [-0.15, -0.1) is 0 Å². The van der Waals surface area contributed by atoms with E-state index in [1.807, 2.05) is 24.8 Å². The van der Waals surface area contributed by atoms with E-state index in [4.69, 9.17) is 0 Å². The highest BCUT2D eigenvalue weighted by Gasteiger charge is 2.42. The van der Waals surface area contributed by atoms with Crippen LogP contribution in [0.1, 0.15) is 43.7 Å². The number of nitrogens with zero attached hydrogens (tertiary/aromatic N) is 3. The molecule has 2 rings (SSSR count). The Kier molecular flexibility index (Phi) is 4.46. The SMILES string of the molecule is CCCC1(C(=O)O)CCCN(c2nccc(C)c2C#N)C1. The van der Waals surface area contributed by atoms with E-state index in [1.54, 1.807) is 6.20 Å². The molecule has 1 atom stereocenters. The Hall–Kier alpha value is -2.09. The summed E-state index contributed by atoms with van der Waals surface area (Å²) in [5.41, 5.74) is 0.713. The first-order valence-corrected chi connectivity index (χ1v) is 7.38. The second-order valence-corrected chi connectivity index (χ2v) is 5.80. The molecule has 5 nitrogen and oxygen atoms in total. The van der Waals surface area contributed by atoms with Gasteiger partial charge >= 0.3 is 5.97 Å². The number of carbonyl (C=O) groups is 1. The Morgan fingerprint density at radius 3 is 3.00 bits per heavy atom. The van der Waals surface area contributed by atoms with E-state index < -0.39 is 11.4 Å². The summed E-state index contributed by atoms with van der Waals surface area (Å²) in [5.74, 6) is -0.112. The van der Waals surface area contributed by atoms with Crippen molar-refractivity contribution in [3.8, 4) is 6.07 Å². The molecule has 0 radical (unpaired) electrons. The molecule has 2 heterocycles. The molecule has 0 spiro atoms. The summed E-state index contributed by atoms with van der Waals surface area (Å²) in [4.78, 5) is 18.1. The van der Waals surface area contributed by atoms with Crippen molar-refractivity contribution in [3.63, 3.8) is 0 Å². The maximum atomic E-state index is 11.8. The molecule has 1 saturated heterocycles. The van der Waals surface area contributed by atoms with Crippen LogP contribution in [0.15, 0.2) is 12.3 Å². The second kappa shape index (κ2) is 6.13. The van der Waals surface area contributed by atoms with E-state index in [0.29, 0.717) is 30.8 Å². The fourth-order valence-corrected chi connectivity index (χ4v) is 3.20. The third kappa shape index (κ3) is 2.85. The number of pyridine rings is 1. The quantitative estimate of drug-likeness (QED) is 0.921. The van der Waals surface area contributed by atoms with Gasteiger partial charge in [0.1, 0.15) is 11.9 Å². The van der Waals surface area contributed by atoms with Crippen molar-refractivity contribution in [3.05, 3.63) is 23.4 Å². The van der Waals surface area contributed by atoms with Crippen LogP contribution in [-0.4, -0.2) is 29.1 Å². The van der Waals surface area contributed by atoms with Gasteiger partial charge in [-0.25, -0.2) is 4.98 Å². The molecule has 0 aromatic carbocycles. The average molecular weight is 287 g/mol. The number of carboxylic acids is 1. The van der Waals surface area contributed by atoms with Crippen LogP contribution in [0, 0.1) is 23.7 Å². The maximum absolute atomic E-state index is 11.8. The van der Waals surface area contributed by atoms with E-state index >= 15 is 0 Å². The summed E-state index contributed by atoms with van der Waals surface area (Å²) in [7, 11) is 0. The molecule has 1 aliphatic heterocycles. The van der Waals surface area contributed by atoms with Crippen LogP contribution in [0.4, 0.5) is 5.82 Å². The highest BCUT2D eigenvalue weighted by molar-refractivity contribution is 5.76. The normalized spacial score (nSPS) is 21.9. The third-order valence-corrected chi connectivity index (χ3v) is 4.31. The van der Waals surface area contributed by atoms with Crippen molar-refractivity contribution in [2.45, 2.75) is 39.5 Å². The van der Waals surface area contributed by atoms with Crippen molar-refractivity contribution in [1.29, 1.82) is 5.26 Å². The van der Waals surface area contributed by atoms with Gasteiger partial charge in [0, 0.05) is 19.3 Å². The topological polar surface area (TPSA) is 77.2 Å². The molecule has 1 unspecified atom stereocenters. The first-order chi connectivity index (χ1) is 10.0. The zero-order valence-corrected chi connectivity index (χ0v) is 12.6. The highest BCUT2D eigenvalue weighted by Crippen LogP contribution is 2.37. The summed E-state index contributed by atoms with van der Waals surface area (Å²) < 4.78 is 0. The lowest BCUT2D eigenvalue weighted by atomic mass is 9.76. The Balaban J connectivity index is 2.36. The Morgan fingerprint density at radius 2 is 2.38 bits per heavy atom. The molecule has 1 N–H and O–H groups in total. The first-order valence-electron chi connectivity index (χ1n) is 7.38. The number of rotatable bonds is 4. The molecule has 21 heavy (non-hydrogen) atoms. The molecule has 112 valence electrons. The van der Waals surface area contributed by atoms with Gasteiger partial charge in [0.2, 0.25) is 0 Å². The number of aryl methyl sites for hydroxylation is 1. The van der Waals surface area contributed by atoms with Crippen LogP contribution >= 0.6 is 0 Å². The van der Waals surface area contributed by atoms with E-state index in [0.717, 1.165) is 24.9 Å². The third-order valence-electron chi connectivity index (χ3n) is 4.31. The molecule has 1 fully saturated rings. The predicted octanol–water partition coefficient (Wildman–Crippen LogP) is 2.73. The second-order valence-electron chi connectivity index (χ2n) is 5.80. The molecule has 0 amide bonds. The summed E-state index contributed by atoms with van der Waals surface area (Å²) >= 11 is 0. The molecule has 1 aliphatic rings. The predicted molar refractivity (Wildman–Crippen MR) is 80.1 cm³/mol. The van der Waals surface area contributed by atoms with Crippen LogP contribution in [0.25, 0.3) is 0 Å². The number of hydrogen-bond acceptors (Lipinski definition) is 4. The first kappa shape index (κ1) is 15.3. The monoisotopic (exact) mass is 287 g/mol. The lowest BCUT2D eigenvalue weighted by Crippen LogP contribution is -2.48. The molecular formula is C16H21N3O2. The van der Waals surface area contributed by atoms with Crippen LogP contribution in [0.5, 0.6) is 0 Å². The van der Waals surface area contributed by atoms with Gasteiger partial charge < -0.3 is 10.0 Å². The number of carboxylic acid groups (broad SMARTS) is 1. The molecular weight excluding hydrogens is 266 g/mol. The minimum absolute atomic E-state index is 0.432. The molecule has 0 saturated carbocycles. The van der Waals surface area contributed by atoms with E-state index in [9.17, 15) is 15.2 Å². The number of piperidine rings is 1. The van der Waals surface area contributed by atoms with Crippen molar-refractivity contribution in [2.75, 3.05) is 18.0 Å². The molecule has 1 aromatic heterocycles. The van der Waals surface area contributed by atoms with Crippen molar-refractivity contribution in [1.82, 2.24) is 4.98 Å². The van der Waals surface area contributed by atoms with Crippen LogP contribution < -0.4 is 4.90 Å². The lowest BCUT2D eigenvalue weighted by molar-refractivity contribution is -0.150. The minimum atomic E-state index is -0.736. The fraction of sp³-hybridized carbons (Fsp3) is 0.562. The van der Waals surface area contributed by atoms with Crippen molar-refractivity contribution >= 4 is 11.8 Å². The standard InChI is InChI=1S/C16H21N3O2/c1-3-6-16(15(20)21)7-4-9-19(11-16)14-13(10-17)12(2)5-8-18-14/h5,8H,3-4,6-7,9,11H2,1-2H3,(H,20,21). The minimum Gasteiger partial charge on any atom is -0.481 e. The van der Waals surface area contributed by atoms with Gasteiger partial charge in [-0.3, -0.25) is 4.79 Å². The molecule has 5 heteroatoms. The summed E-state index contributed by atoms with van der Waals surface area (Å²) in [6.07, 6.45) is 4.69. The molecule has 1 aromatic rings. The van der Waals surface area contributed by atoms with Gasteiger partial charge in [-0.1, -0.05) is 13.3 Å². The summed E-state index contributed by atoms with van der Waals surface area (Å²) in [6, 6.07) is 4.01. The largest absolute Gasteiger partial charge is 0.481 e. The van der Waals surface area contributed by atoms with Crippen LogP contribution in [0.3, 0.4) is 0 Å². The molecule has 0 bridgehead atoms. The van der Waals surface area contributed by atoms with Crippen LogP contribution in [0.2, 0.25) is 0 Å². The van der Waals surface area contributed by atoms with Crippen molar-refractivity contribution < 1.29 is 9.90 Å². The fourth-order valence-electron chi connectivity index (χ4n) is 3.20. The number of nitriles is 1. The number of hydrogen-bond donors (Lipinski definition) is 1. The average Bonchev–Trinajstić information content (AvgIpc) is 2.47. The van der Waals surface area contributed by atoms with E-state index in [-0.39, 0.29) is 0 Å². The van der Waals surface area contributed by atoms with Gasteiger partial charge in [-0.05, 0) is 37.8 Å². The van der Waals surface area contributed by atoms with E-state index in [1.165, 1.54) is 0 Å². The lowest BCUT2D eigenvalue weighted by Gasteiger charge is -2.40. The molecule has 0 aliphatic carbocycles. The van der Waals surface area contributed by atoms with Gasteiger partial charge in [0.25, 0.3) is 0 Å². The zero-order valence-electron chi connectivity index (χ0n) is 12.6. The van der Waals surface area contributed by atoms with Gasteiger partial charge in [0.15, 0.2) is 0 Å². The summed E-state index contributed by atoms with van der Waals surface area (Å²) in [6.45, 7) is 5.07. The number of anilines is 1. The number of aromatic nitrogens is 1. The smallest absolute Gasteiger partial charge is 0.311 e. The maximum Gasteiger partial charge on any atom is 0.311 e. The van der Waals surface area contributed by atoms with Gasteiger partial charge in [0.05, 0.1) is 11.0 Å². The summed E-state index contributed by atoms with van der Waals surface area (Å²) in [5, 5.41) is 19.0. The number of aliphatic carboxylic acids is 1. The Morgan fingerprint density at radius 1 is 1.62 bits per heavy atom. The van der Waals surface area contributed by atoms with Gasteiger partial charge in [-0.2, -0.15) is 5.26 Å². The highest BCUT2D eigenvalue weighted by atomic mass is 16.4.